The molecule has 1 saturated heterocycles. The maximum Gasteiger partial charge on any atom is 0.230 e. The molecule has 0 saturated carbocycles. The van der Waals surface area contributed by atoms with Gasteiger partial charge in [0.1, 0.15) is 0 Å². The van der Waals surface area contributed by atoms with Gasteiger partial charge in [-0.2, -0.15) is 0 Å². The molecular weight excluding hydrogens is 404 g/mol. The number of aryl methyl sites for hydroxylation is 2. The number of aromatic nitrogens is 1. The Morgan fingerprint density at radius 1 is 0.968 bits per heavy atom. The van der Waals surface area contributed by atoms with E-state index < -0.39 is 0 Å². The minimum absolute atomic E-state index is 0.0190. The highest BCUT2D eigenvalue weighted by atomic mass is 32.1. The van der Waals surface area contributed by atoms with Gasteiger partial charge in [0.2, 0.25) is 5.91 Å². The fourth-order valence-electron chi connectivity index (χ4n) is 4.00. The summed E-state index contributed by atoms with van der Waals surface area (Å²) in [5.41, 5.74) is 5.78. The normalized spacial score (nSPS) is 15.2. The summed E-state index contributed by atoms with van der Waals surface area (Å²) in [6.45, 7) is 11.8. The van der Waals surface area contributed by atoms with Gasteiger partial charge in [0, 0.05) is 51.6 Å². The largest absolute Gasteiger partial charge is 0.297 e. The van der Waals surface area contributed by atoms with Crippen LogP contribution < -0.4 is 4.90 Å². The van der Waals surface area contributed by atoms with Crippen LogP contribution in [0.25, 0.3) is 0 Å². The molecule has 0 atom stereocenters. The van der Waals surface area contributed by atoms with E-state index in [-0.39, 0.29) is 5.91 Å². The van der Waals surface area contributed by atoms with E-state index in [9.17, 15) is 4.79 Å². The van der Waals surface area contributed by atoms with E-state index in [1.165, 1.54) is 28.0 Å². The minimum atomic E-state index is -0.0190. The van der Waals surface area contributed by atoms with Gasteiger partial charge in [0.25, 0.3) is 0 Å². The van der Waals surface area contributed by atoms with Crippen molar-refractivity contribution in [1.29, 1.82) is 0 Å². The zero-order valence-electron chi connectivity index (χ0n) is 18.5. The lowest BCUT2D eigenvalue weighted by Gasteiger charge is -2.34. The van der Waals surface area contributed by atoms with Crippen molar-refractivity contribution in [1.82, 2.24) is 14.8 Å². The van der Waals surface area contributed by atoms with E-state index in [1.54, 1.807) is 11.8 Å². The molecule has 1 aliphatic rings. The number of thiazole rings is 1. The molecule has 3 aromatic rings. The maximum atomic E-state index is 12.3. The molecule has 0 unspecified atom stereocenters. The fourth-order valence-corrected chi connectivity index (χ4v) is 4.87. The first-order chi connectivity index (χ1) is 15.0. The molecule has 0 aliphatic carbocycles. The van der Waals surface area contributed by atoms with Gasteiger partial charge >= 0.3 is 0 Å². The lowest BCUT2D eigenvalue weighted by molar-refractivity contribution is -0.115. The smallest absolute Gasteiger partial charge is 0.230 e. The molecule has 0 N–H and O–H groups in total. The molecule has 31 heavy (non-hydrogen) atoms. The second kappa shape index (κ2) is 9.73. The van der Waals surface area contributed by atoms with Crippen LogP contribution in [0.1, 0.15) is 29.3 Å². The van der Waals surface area contributed by atoms with Crippen LogP contribution in [-0.2, 0) is 17.9 Å². The van der Waals surface area contributed by atoms with Crippen molar-refractivity contribution in [3.05, 3.63) is 76.3 Å². The number of nitrogens with zero attached hydrogens (tertiary/aromatic N) is 4. The standard InChI is InChI=1S/C25H30N4OS/c1-19-7-9-24(10-8-19)29(21(3)30)25-26-23(18-31-25)17-28-13-11-27(12-14-28)16-22-6-4-5-20(2)15-22/h4-10,15,18H,11-14,16-17H2,1-3H3. The number of piperazine rings is 1. The summed E-state index contributed by atoms with van der Waals surface area (Å²) in [5, 5.41) is 2.82. The van der Waals surface area contributed by atoms with Crippen LogP contribution in [-0.4, -0.2) is 46.9 Å². The summed E-state index contributed by atoms with van der Waals surface area (Å²) in [7, 11) is 0. The van der Waals surface area contributed by atoms with E-state index in [1.807, 2.05) is 31.2 Å². The van der Waals surface area contributed by atoms with Crippen molar-refractivity contribution < 1.29 is 4.79 Å². The van der Waals surface area contributed by atoms with Crippen LogP contribution in [0.2, 0.25) is 0 Å². The van der Waals surface area contributed by atoms with Gasteiger partial charge in [-0.25, -0.2) is 4.98 Å². The van der Waals surface area contributed by atoms with Gasteiger partial charge in [-0.3, -0.25) is 19.5 Å². The molecule has 4 rings (SSSR count). The third-order valence-corrected chi connectivity index (χ3v) is 6.55. The van der Waals surface area contributed by atoms with Gasteiger partial charge in [0.15, 0.2) is 5.13 Å². The molecule has 1 aliphatic heterocycles. The summed E-state index contributed by atoms with van der Waals surface area (Å²) in [4.78, 5) is 23.8. The monoisotopic (exact) mass is 434 g/mol. The van der Waals surface area contributed by atoms with E-state index in [4.69, 9.17) is 4.98 Å². The molecule has 6 heteroatoms. The van der Waals surface area contributed by atoms with Crippen molar-refractivity contribution >= 4 is 28.1 Å². The van der Waals surface area contributed by atoms with E-state index in [2.05, 4.69) is 46.4 Å². The number of rotatable bonds is 6. The van der Waals surface area contributed by atoms with E-state index in [0.29, 0.717) is 0 Å². The minimum Gasteiger partial charge on any atom is -0.297 e. The Kier molecular flexibility index (Phi) is 6.80. The molecule has 0 bridgehead atoms. The molecule has 0 spiro atoms. The molecule has 5 nitrogen and oxygen atoms in total. The Balaban J connectivity index is 1.35. The van der Waals surface area contributed by atoms with Gasteiger partial charge < -0.3 is 0 Å². The molecule has 0 radical (unpaired) electrons. The summed E-state index contributed by atoms with van der Waals surface area (Å²) in [5.74, 6) is -0.0190. The van der Waals surface area contributed by atoms with Crippen LogP contribution in [0.15, 0.2) is 53.9 Å². The number of hydrogen-bond donors (Lipinski definition) is 0. The molecule has 1 amide bonds. The number of carbonyl (C=O) groups excluding carboxylic acids is 1. The number of hydrogen-bond acceptors (Lipinski definition) is 5. The molecule has 2 heterocycles. The van der Waals surface area contributed by atoms with Crippen molar-refractivity contribution in [3.63, 3.8) is 0 Å². The van der Waals surface area contributed by atoms with Crippen molar-refractivity contribution in [2.24, 2.45) is 0 Å². The third kappa shape index (κ3) is 5.58. The Bertz CT molecular complexity index is 1020. The van der Waals surface area contributed by atoms with Crippen LogP contribution in [0.5, 0.6) is 0 Å². The molecule has 162 valence electrons. The summed E-state index contributed by atoms with van der Waals surface area (Å²) < 4.78 is 0. The SMILES string of the molecule is CC(=O)N(c1ccc(C)cc1)c1nc(CN2CCN(Cc3cccc(C)c3)CC2)cs1. The third-order valence-electron chi connectivity index (χ3n) is 5.68. The predicted molar refractivity (Wildman–Crippen MR) is 128 cm³/mol. The van der Waals surface area contributed by atoms with Crippen molar-refractivity contribution in [2.45, 2.75) is 33.9 Å². The van der Waals surface area contributed by atoms with Crippen LogP contribution in [0, 0.1) is 13.8 Å². The highest BCUT2D eigenvalue weighted by Crippen LogP contribution is 2.29. The van der Waals surface area contributed by atoms with Crippen LogP contribution in [0.4, 0.5) is 10.8 Å². The van der Waals surface area contributed by atoms with Gasteiger partial charge in [-0.05, 0) is 31.5 Å². The zero-order chi connectivity index (χ0) is 21.8. The Morgan fingerprint density at radius 3 is 2.29 bits per heavy atom. The first-order valence-electron chi connectivity index (χ1n) is 10.8. The second-order valence-corrected chi connectivity index (χ2v) is 9.19. The Morgan fingerprint density at radius 2 is 1.65 bits per heavy atom. The quantitative estimate of drug-likeness (QED) is 0.561. The number of benzene rings is 2. The average Bonchev–Trinajstić information content (AvgIpc) is 3.19. The Hall–Kier alpha value is -2.54. The second-order valence-electron chi connectivity index (χ2n) is 8.35. The van der Waals surface area contributed by atoms with Gasteiger partial charge in [-0.1, -0.05) is 47.5 Å². The number of amides is 1. The van der Waals surface area contributed by atoms with E-state index >= 15 is 0 Å². The van der Waals surface area contributed by atoms with Gasteiger partial charge in [-0.15, -0.1) is 11.3 Å². The van der Waals surface area contributed by atoms with Crippen LogP contribution in [0.3, 0.4) is 0 Å². The summed E-state index contributed by atoms with van der Waals surface area (Å²) in [6, 6.07) is 16.8. The predicted octanol–water partition coefficient (Wildman–Crippen LogP) is 4.76. The fraction of sp³-hybridized carbons (Fsp3) is 0.360. The molecular formula is C25H30N4OS. The molecule has 2 aromatic carbocycles. The lowest BCUT2D eigenvalue weighted by Crippen LogP contribution is -2.45. The van der Waals surface area contributed by atoms with Gasteiger partial charge in [0.05, 0.1) is 11.4 Å². The van der Waals surface area contributed by atoms with Crippen molar-refractivity contribution in [3.8, 4) is 0 Å². The number of carbonyl (C=O) groups is 1. The van der Waals surface area contributed by atoms with Crippen molar-refractivity contribution in [2.75, 3.05) is 31.1 Å². The first kappa shape index (κ1) is 21.7. The zero-order valence-corrected chi connectivity index (χ0v) is 19.4. The summed E-state index contributed by atoms with van der Waals surface area (Å²) >= 11 is 1.53. The van der Waals surface area contributed by atoms with Crippen LogP contribution >= 0.6 is 11.3 Å². The Labute approximate surface area is 188 Å². The first-order valence-corrected chi connectivity index (χ1v) is 11.7. The highest BCUT2D eigenvalue weighted by molar-refractivity contribution is 7.14. The van der Waals surface area contributed by atoms with E-state index in [0.717, 1.165) is 55.8 Å². The summed E-state index contributed by atoms with van der Waals surface area (Å²) in [6.07, 6.45) is 0. The molecule has 1 fully saturated rings. The topological polar surface area (TPSA) is 39.7 Å². The lowest BCUT2D eigenvalue weighted by atomic mass is 10.1. The highest BCUT2D eigenvalue weighted by Gasteiger charge is 2.21. The maximum absolute atomic E-state index is 12.3. The average molecular weight is 435 g/mol. The molecule has 1 aromatic heterocycles. The number of anilines is 2.